The van der Waals surface area contributed by atoms with Crippen LogP contribution in [-0.4, -0.2) is 17.4 Å². The van der Waals surface area contributed by atoms with Crippen molar-refractivity contribution < 1.29 is 4.79 Å². The van der Waals surface area contributed by atoms with Gasteiger partial charge < -0.3 is 11.1 Å². The first-order valence-corrected chi connectivity index (χ1v) is 6.56. The Balaban J connectivity index is 2.40. The molecule has 17 heavy (non-hydrogen) atoms. The van der Waals surface area contributed by atoms with Crippen LogP contribution in [0.4, 0.5) is 5.69 Å². The molecule has 0 saturated carbocycles. The maximum Gasteiger partial charge on any atom is 0.224 e. The van der Waals surface area contributed by atoms with Crippen LogP contribution in [0, 0.1) is 6.92 Å². The van der Waals surface area contributed by atoms with Gasteiger partial charge in [0.05, 0.1) is 11.4 Å². The molecule has 0 spiro atoms. The third kappa shape index (κ3) is 5.28. The SMILES string of the molecule is Cc1nc(Br)ccc1NC(=O)CCCCCN. The monoisotopic (exact) mass is 299 g/mol. The van der Waals surface area contributed by atoms with Gasteiger partial charge in [-0.3, -0.25) is 4.79 Å². The Bertz CT molecular complexity index is 382. The third-order valence-electron chi connectivity index (χ3n) is 2.43. The van der Waals surface area contributed by atoms with Crippen LogP contribution >= 0.6 is 15.9 Å². The minimum atomic E-state index is 0.0363. The maximum atomic E-state index is 11.6. The molecule has 0 fully saturated rings. The van der Waals surface area contributed by atoms with Crippen molar-refractivity contribution in [1.29, 1.82) is 0 Å². The van der Waals surface area contributed by atoms with Crippen molar-refractivity contribution in [1.82, 2.24) is 4.98 Å². The standard InChI is InChI=1S/C12H18BrN3O/c1-9-10(6-7-11(13)15-9)16-12(17)5-3-2-4-8-14/h6-7H,2-5,8,14H2,1H3,(H,16,17). The number of halogens is 1. The number of nitrogens with zero attached hydrogens (tertiary/aromatic N) is 1. The van der Waals surface area contributed by atoms with E-state index in [9.17, 15) is 4.79 Å². The lowest BCUT2D eigenvalue weighted by molar-refractivity contribution is -0.116. The summed E-state index contributed by atoms with van der Waals surface area (Å²) in [6, 6.07) is 3.67. The molecule has 4 nitrogen and oxygen atoms in total. The van der Waals surface area contributed by atoms with Crippen molar-refractivity contribution >= 4 is 27.5 Å². The smallest absolute Gasteiger partial charge is 0.224 e. The summed E-state index contributed by atoms with van der Waals surface area (Å²) in [6.07, 6.45) is 3.40. The van der Waals surface area contributed by atoms with Gasteiger partial charge in [-0.05, 0) is 54.4 Å². The van der Waals surface area contributed by atoms with E-state index >= 15 is 0 Å². The second kappa shape index (κ2) is 7.40. The molecule has 0 radical (unpaired) electrons. The molecular formula is C12H18BrN3O. The van der Waals surface area contributed by atoms with E-state index in [4.69, 9.17) is 5.73 Å². The number of nitrogens with two attached hydrogens (primary N) is 1. The molecule has 0 atom stereocenters. The number of carbonyl (C=O) groups is 1. The zero-order chi connectivity index (χ0) is 12.7. The van der Waals surface area contributed by atoms with Gasteiger partial charge in [0.2, 0.25) is 5.91 Å². The molecule has 1 rings (SSSR count). The van der Waals surface area contributed by atoms with E-state index in [1.807, 2.05) is 19.1 Å². The van der Waals surface area contributed by atoms with E-state index in [0.717, 1.165) is 35.2 Å². The van der Waals surface area contributed by atoms with Crippen LogP contribution in [0.5, 0.6) is 0 Å². The fraction of sp³-hybridized carbons (Fsp3) is 0.500. The average molecular weight is 300 g/mol. The van der Waals surface area contributed by atoms with E-state index in [-0.39, 0.29) is 5.91 Å². The molecule has 3 N–H and O–H groups in total. The molecule has 0 aliphatic carbocycles. The molecule has 1 heterocycles. The number of carbonyl (C=O) groups excluding carboxylic acids is 1. The normalized spacial score (nSPS) is 10.3. The summed E-state index contributed by atoms with van der Waals surface area (Å²) >= 11 is 3.29. The lowest BCUT2D eigenvalue weighted by Crippen LogP contribution is -2.12. The number of pyridine rings is 1. The Hall–Kier alpha value is -0.940. The number of amides is 1. The summed E-state index contributed by atoms with van der Waals surface area (Å²) in [5.41, 5.74) is 6.98. The second-order valence-electron chi connectivity index (χ2n) is 3.91. The number of aromatic nitrogens is 1. The fourth-order valence-electron chi connectivity index (χ4n) is 1.48. The van der Waals surface area contributed by atoms with Crippen LogP contribution in [-0.2, 0) is 4.79 Å². The van der Waals surface area contributed by atoms with Gasteiger partial charge in [-0.15, -0.1) is 0 Å². The first-order chi connectivity index (χ1) is 8.13. The lowest BCUT2D eigenvalue weighted by atomic mass is 10.2. The Morgan fingerprint density at radius 2 is 2.18 bits per heavy atom. The van der Waals surface area contributed by atoms with Crippen molar-refractivity contribution in [2.24, 2.45) is 5.73 Å². The molecule has 94 valence electrons. The van der Waals surface area contributed by atoms with Crippen LogP contribution in [0.1, 0.15) is 31.4 Å². The Morgan fingerprint density at radius 3 is 2.82 bits per heavy atom. The van der Waals surface area contributed by atoms with Crippen LogP contribution in [0.15, 0.2) is 16.7 Å². The van der Waals surface area contributed by atoms with Gasteiger partial charge in [-0.1, -0.05) is 6.42 Å². The number of nitrogens with one attached hydrogen (secondary N) is 1. The Labute approximate surface area is 110 Å². The number of aryl methyl sites for hydroxylation is 1. The van der Waals surface area contributed by atoms with E-state index in [1.165, 1.54) is 0 Å². The summed E-state index contributed by atoms with van der Waals surface area (Å²) in [7, 11) is 0. The van der Waals surface area contributed by atoms with Crippen molar-refractivity contribution in [3.63, 3.8) is 0 Å². The van der Waals surface area contributed by atoms with E-state index in [1.54, 1.807) is 0 Å². The van der Waals surface area contributed by atoms with Crippen LogP contribution in [0.3, 0.4) is 0 Å². The van der Waals surface area contributed by atoms with Crippen molar-refractivity contribution in [2.75, 3.05) is 11.9 Å². The number of hydrogen-bond acceptors (Lipinski definition) is 3. The first kappa shape index (κ1) is 14.1. The quantitative estimate of drug-likeness (QED) is 0.627. The topological polar surface area (TPSA) is 68.0 Å². The summed E-state index contributed by atoms with van der Waals surface area (Å²) < 4.78 is 0.774. The van der Waals surface area contributed by atoms with Crippen LogP contribution in [0.2, 0.25) is 0 Å². The third-order valence-corrected chi connectivity index (χ3v) is 2.88. The minimum Gasteiger partial charge on any atom is -0.330 e. The number of anilines is 1. The highest BCUT2D eigenvalue weighted by atomic mass is 79.9. The number of rotatable bonds is 6. The molecule has 0 bridgehead atoms. The molecule has 0 unspecified atom stereocenters. The summed E-state index contributed by atoms with van der Waals surface area (Å²) in [6.45, 7) is 2.56. The Kier molecular flexibility index (Phi) is 6.15. The van der Waals surface area contributed by atoms with Crippen molar-refractivity contribution in [3.05, 3.63) is 22.4 Å². The van der Waals surface area contributed by atoms with Gasteiger partial charge in [-0.2, -0.15) is 0 Å². The summed E-state index contributed by atoms with van der Waals surface area (Å²) in [5, 5.41) is 2.86. The molecule has 0 aliphatic heterocycles. The van der Waals surface area contributed by atoms with Gasteiger partial charge in [-0.25, -0.2) is 4.98 Å². The zero-order valence-electron chi connectivity index (χ0n) is 10.0. The van der Waals surface area contributed by atoms with Crippen molar-refractivity contribution in [2.45, 2.75) is 32.6 Å². The largest absolute Gasteiger partial charge is 0.330 e. The number of hydrogen-bond donors (Lipinski definition) is 2. The van der Waals surface area contributed by atoms with E-state index in [2.05, 4.69) is 26.2 Å². The van der Waals surface area contributed by atoms with Gasteiger partial charge in [0, 0.05) is 6.42 Å². The predicted octanol–water partition coefficient (Wildman–Crippen LogP) is 2.61. The van der Waals surface area contributed by atoms with Gasteiger partial charge >= 0.3 is 0 Å². The van der Waals surface area contributed by atoms with Crippen molar-refractivity contribution in [3.8, 4) is 0 Å². The average Bonchev–Trinajstić information content (AvgIpc) is 2.28. The Morgan fingerprint density at radius 1 is 1.41 bits per heavy atom. The lowest BCUT2D eigenvalue weighted by Gasteiger charge is -2.07. The van der Waals surface area contributed by atoms with Gasteiger partial charge in [0.1, 0.15) is 4.60 Å². The minimum absolute atomic E-state index is 0.0363. The van der Waals surface area contributed by atoms with Gasteiger partial charge in [0.15, 0.2) is 0 Å². The highest BCUT2D eigenvalue weighted by molar-refractivity contribution is 9.10. The van der Waals surface area contributed by atoms with Crippen LogP contribution in [0.25, 0.3) is 0 Å². The highest BCUT2D eigenvalue weighted by Gasteiger charge is 2.05. The molecular weight excluding hydrogens is 282 g/mol. The molecule has 1 aromatic heterocycles. The molecule has 1 aromatic rings. The summed E-state index contributed by atoms with van der Waals surface area (Å²) in [4.78, 5) is 15.9. The second-order valence-corrected chi connectivity index (χ2v) is 4.73. The molecule has 1 amide bonds. The molecule has 0 aliphatic rings. The molecule has 0 aromatic carbocycles. The predicted molar refractivity (Wildman–Crippen MR) is 72.8 cm³/mol. The summed E-state index contributed by atoms with van der Waals surface area (Å²) in [5.74, 6) is 0.0363. The molecule has 5 heteroatoms. The highest BCUT2D eigenvalue weighted by Crippen LogP contribution is 2.16. The maximum absolute atomic E-state index is 11.6. The van der Waals surface area contributed by atoms with E-state index in [0.29, 0.717) is 13.0 Å². The number of unbranched alkanes of at least 4 members (excludes halogenated alkanes) is 2. The first-order valence-electron chi connectivity index (χ1n) is 5.76. The zero-order valence-corrected chi connectivity index (χ0v) is 11.6. The van der Waals surface area contributed by atoms with Gasteiger partial charge in [0.25, 0.3) is 0 Å². The van der Waals surface area contributed by atoms with Crippen LogP contribution < -0.4 is 11.1 Å². The van der Waals surface area contributed by atoms with E-state index < -0.39 is 0 Å². The fourth-order valence-corrected chi connectivity index (χ4v) is 1.88. The molecule has 0 saturated heterocycles.